The van der Waals surface area contributed by atoms with Gasteiger partial charge in [0.15, 0.2) is 0 Å². The summed E-state index contributed by atoms with van der Waals surface area (Å²) in [6.45, 7) is 6.24. The van der Waals surface area contributed by atoms with Crippen LogP contribution in [0, 0.1) is 0 Å². The number of aliphatic carboxylic acids is 2. The van der Waals surface area contributed by atoms with Crippen molar-refractivity contribution >= 4 is 41.2 Å². The molecule has 2 aromatic carbocycles. The van der Waals surface area contributed by atoms with E-state index in [4.69, 9.17) is 36.1 Å². The maximum absolute atomic E-state index is 12.7. The average molecular weight is 575 g/mol. The summed E-state index contributed by atoms with van der Waals surface area (Å²) in [5, 5.41) is 18.6. The number of piperazine rings is 1. The zero-order chi connectivity index (χ0) is 28.9. The fourth-order valence-electron chi connectivity index (χ4n) is 4.59. The normalized spacial score (nSPS) is 17.0. The number of rotatable bonds is 8. The van der Waals surface area contributed by atoms with Crippen molar-refractivity contribution in [1.82, 2.24) is 15.1 Å². The Kier molecular flexibility index (Phi) is 12.0. The molecule has 0 saturated carbocycles. The van der Waals surface area contributed by atoms with Crippen LogP contribution in [0.4, 0.5) is 10.5 Å². The number of carboxylic acid groups (broad SMARTS) is 2. The number of carbonyl (C=O) groups excluding carboxylic acids is 2. The van der Waals surface area contributed by atoms with E-state index in [0.717, 1.165) is 56.2 Å². The Morgan fingerprint density at radius 3 is 2.27 bits per heavy atom. The fourth-order valence-corrected chi connectivity index (χ4v) is 4.78. The lowest BCUT2D eigenvalue weighted by Crippen LogP contribution is -2.48. The van der Waals surface area contributed by atoms with E-state index in [1.807, 2.05) is 48.5 Å². The molecule has 0 radical (unpaired) electrons. The Morgan fingerprint density at radius 1 is 0.925 bits per heavy atom. The number of halogens is 1. The molecule has 40 heavy (non-hydrogen) atoms. The molecule has 2 heterocycles. The molecule has 4 rings (SSSR count). The van der Waals surface area contributed by atoms with Gasteiger partial charge in [-0.2, -0.15) is 0 Å². The summed E-state index contributed by atoms with van der Waals surface area (Å²) in [5.41, 5.74) is 2.10. The molecule has 1 atom stereocenters. The van der Waals surface area contributed by atoms with Gasteiger partial charge in [0, 0.05) is 50.0 Å². The maximum Gasteiger partial charge on any atom is 0.414 e. The highest BCUT2D eigenvalue weighted by Crippen LogP contribution is 2.21. The van der Waals surface area contributed by atoms with Crippen molar-refractivity contribution < 1.29 is 34.1 Å². The third kappa shape index (κ3) is 9.73. The molecule has 2 saturated heterocycles. The molecule has 0 bridgehead atoms. The Hall–Kier alpha value is -3.83. The van der Waals surface area contributed by atoms with Crippen molar-refractivity contribution in [2.45, 2.75) is 31.9 Å². The summed E-state index contributed by atoms with van der Waals surface area (Å²) < 4.78 is 5.43. The SMILES string of the molecule is O=C(NCCCN1CCN(c2cccc(Cl)c2)CC1)C1CCCN1C(=O)OCc1ccccc1.O=C(O)C(=O)O. The molecule has 1 unspecified atom stereocenters. The second-order valence-corrected chi connectivity index (χ2v) is 9.89. The molecule has 2 aliphatic rings. The minimum atomic E-state index is -1.82. The number of ether oxygens (including phenoxy) is 1. The predicted octanol–water partition coefficient (Wildman–Crippen LogP) is 2.93. The quantitative estimate of drug-likeness (QED) is 0.321. The molecule has 11 nitrogen and oxygen atoms in total. The topological polar surface area (TPSA) is 140 Å². The minimum absolute atomic E-state index is 0.0834. The number of benzene rings is 2. The maximum atomic E-state index is 12.7. The first kappa shape index (κ1) is 30.7. The van der Waals surface area contributed by atoms with Gasteiger partial charge in [0.1, 0.15) is 12.6 Å². The molecule has 2 fully saturated rings. The number of nitrogens with zero attached hydrogens (tertiary/aromatic N) is 3. The van der Waals surface area contributed by atoms with Crippen molar-refractivity contribution in [2.24, 2.45) is 0 Å². The van der Waals surface area contributed by atoms with Crippen LogP contribution in [0.3, 0.4) is 0 Å². The first-order valence-corrected chi connectivity index (χ1v) is 13.6. The summed E-state index contributed by atoms with van der Waals surface area (Å²) in [6, 6.07) is 17.1. The van der Waals surface area contributed by atoms with Crippen LogP contribution in [-0.2, 0) is 25.7 Å². The molecular formula is C28H35ClN4O7. The van der Waals surface area contributed by atoms with E-state index >= 15 is 0 Å². The van der Waals surface area contributed by atoms with Crippen LogP contribution >= 0.6 is 11.6 Å². The number of carboxylic acids is 2. The Bertz CT molecular complexity index is 1130. The zero-order valence-electron chi connectivity index (χ0n) is 22.2. The monoisotopic (exact) mass is 574 g/mol. The van der Waals surface area contributed by atoms with E-state index in [-0.39, 0.29) is 12.5 Å². The van der Waals surface area contributed by atoms with Crippen LogP contribution in [0.2, 0.25) is 5.02 Å². The number of likely N-dealkylation sites (tertiary alicyclic amines) is 1. The second kappa shape index (κ2) is 15.7. The lowest BCUT2D eigenvalue weighted by atomic mass is 10.2. The van der Waals surface area contributed by atoms with Gasteiger partial charge < -0.3 is 25.2 Å². The lowest BCUT2D eigenvalue weighted by molar-refractivity contribution is -0.159. The van der Waals surface area contributed by atoms with Gasteiger partial charge in [0.05, 0.1) is 0 Å². The largest absolute Gasteiger partial charge is 0.473 e. The number of hydrogen-bond acceptors (Lipinski definition) is 7. The average Bonchev–Trinajstić information content (AvgIpc) is 3.46. The minimum Gasteiger partial charge on any atom is -0.473 e. The molecule has 2 aliphatic heterocycles. The molecule has 216 valence electrons. The van der Waals surface area contributed by atoms with Crippen molar-refractivity contribution in [2.75, 3.05) is 50.7 Å². The Labute approximate surface area is 238 Å². The number of anilines is 1. The molecule has 2 amide bonds. The smallest absolute Gasteiger partial charge is 0.414 e. The molecule has 12 heteroatoms. The third-order valence-corrected chi connectivity index (χ3v) is 6.91. The van der Waals surface area contributed by atoms with Crippen molar-refractivity contribution in [3.63, 3.8) is 0 Å². The van der Waals surface area contributed by atoms with E-state index < -0.39 is 24.1 Å². The number of hydrogen-bond donors (Lipinski definition) is 3. The summed E-state index contributed by atoms with van der Waals surface area (Å²) in [7, 11) is 0. The summed E-state index contributed by atoms with van der Waals surface area (Å²) in [6.07, 6.45) is 1.96. The molecule has 3 N–H and O–H groups in total. The summed E-state index contributed by atoms with van der Waals surface area (Å²) >= 11 is 6.12. The van der Waals surface area contributed by atoms with Gasteiger partial charge in [-0.25, -0.2) is 14.4 Å². The van der Waals surface area contributed by atoms with Crippen LogP contribution in [0.15, 0.2) is 54.6 Å². The van der Waals surface area contributed by atoms with Crippen LogP contribution < -0.4 is 10.2 Å². The third-order valence-electron chi connectivity index (χ3n) is 6.67. The molecule has 0 aliphatic carbocycles. The molecule has 0 aromatic heterocycles. The zero-order valence-corrected chi connectivity index (χ0v) is 23.0. The van der Waals surface area contributed by atoms with E-state index in [2.05, 4.69) is 21.2 Å². The van der Waals surface area contributed by atoms with E-state index in [1.165, 1.54) is 5.69 Å². The summed E-state index contributed by atoms with van der Waals surface area (Å²) in [5.74, 6) is -3.73. The van der Waals surface area contributed by atoms with Gasteiger partial charge in [0.25, 0.3) is 0 Å². The first-order valence-electron chi connectivity index (χ1n) is 13.2. The van der Waals surface area contributed by atoms with Gasteiger partial charge in [0.2, 0.25) is 5.91 Å². The van der Waals surface area contributed by atoms with E-state index in [0.29, 0.717) is 19.5 Å². The van der Waals surface area contributed by atoms with Gasteiger partial charge in [-0.05, 0) is 49.6 Å². The van der Waals surface area contributed by atoms with Crippen LogP contribution in [0.25, 0.3) is 0 Å². The van der Waals surface area contributed by atoms with Crippen LogP contribution in [0.5, 0.6) is 0 Å². The van der Waals surface area contributed by atoms with Crippen molar-refractivity contribution in [1.29, 1.82) is 0 Å². The predicted molar refractivity (Wildman–Crippen MR) is 149 cm³/mol. The highest BCUT2D eigenvalue weighted by atomic mass is 35.5. The number of carbonyl (C=O) groups is 4. The van der Waals surface area contributed by atoms with Crippen molar-refractivity contribution in [3.05, 3.63) is 65.2 Å². The van der Waals surface area contributed by atoms with Gasteiger partial charge in [-0.3, -0.25) is 14.6 Å². The highest BCUT2D eigenvalue weighted by molar-refractivity contribution is 6.30. The Morgan fingerprint density at radius 2 is 1.62 bits per heavy atom. The number of amides is 2. The van der Waals surface area contributed by atoms with E-state index in [1.54, 1.807) is 4.90 Å². The van der Waals surface area contributed by atoms with Gasteiger partial charge >= 0.3 is 18.0 Å². The molecule has 2 aromatic rings. The molecule has 0 spiro atoms. The first-order chi connectivity index (χ1) is 19.2. The number of nitrogens with one attached hydrogen (secondary N) is 1. The molecular weight excluding hydrogens is 540 g/mol. The van der Waals surface area contributed by atoms with Crippen LogP contribution in [-0.4, -0.2) is 95.8 Å². The van der Waals surface area contributed by atoms with E-state index in [9.17, 15) is 9.59 Å². The fraction of sp³-hybridized carbons (Fsp3) is 0.429. The second-order valence-electron chi connectivity index (χ2n) is 9.46. The van der Waals surface area contributed by atoms with Gasteiger partial charge in [-0.15, -0.1) is 0 Å². The summed E-state index contributed by atoms with van der Waals surface area (Å²) in [4.78, 5) is 49.8. The van der Waals surface area contributed by atoms with Gasteiger partial charge in [-0.1, -0.05) is 48.0 Å². The van der Waals surface area contributed by atoms with Crippen molar-refractivity contribution in [3.8, 4) is 0 Å². The highest BCUT2D eigenvalue weighted by Gasteiger charge is 2.35. The standard InChI is InChI=1S/C26H33ClN4O3.C2H2O4/c27-22-9-4-10-23(19-22)30-17-15-29(16-18-30)13-6-12-28-25(32)24-11-5-14-31(24)26(33)34-20-21-7-2-1-3-8-21;3-1(4)2(5)6/h1-4,7-10,19,24H,5-6,11-18,20H2,(H,28,32);(H,3,4)(H,5,6). The Balaban J connectivity index is 0.000000663. The van der Waals surface area contributed by atoms with Crippen LogP contribution in [0.1, 0.15) is 24.8 Å². The lowest BCUT2D eigenvalue weighted by Gasteiger charge is -2.36.